The lowest BCUT2D eigenvalue weighted by Gasteiger charge is -2.24. The molecule has 0 bridgehead atoms. The Morgan fingerprint density at radius 1 is 1.38 bits per heavy atom. The number of amides is 1. The molecule has 132 valence electrons. The maximum absolute atomic E-state index is 14.6. The second-order valence-corrected chi connectivity index (χ2v) is 7.26. The summed E-state index contributed by atoms with van der Waals surface area (Å²) in [4.78, 5) is 13.7. The van der Waals surface area contributed by atoms with E-state index in [0.29, 0.717) is 43.9 Å². The number of hydrogen-bond donors (Lipinski definition) is 0. The zero-order chi connectivity index (χ0) is 17.3. The molecule has 1 amide bonds. The Bertz CT molecular complexity index is 626. The summed E-state index contributed by atoms with van der Waals surface area (Å²) in [6.07, 6.45) is 1.55. The summed E-state index contributed by atoms with van der Waals surface area (Å²) in [6, 6.07) is 3.36. The van der Waals surface area contributed by atoms with E-state index in [9.17, 15) is 9.18 Å². The number of fused-ring (bicyclic) bond motifs is 1. The zero-order valence-electron chi connectivity index (χ0n) is 14.4. The van der Waals surface area contributed by atoms with E-state index in [1.807, 2.05) is 20.8 Å². The highest BCUT2D eigenvalue weighted by Gasteiger charge is 2.31. The van der Waals surface area contributed by atoms with Crippen LogP contribution in [-0.4, -0.2) is 42.4 Å². The first-order valence-electron chi connectivity index (χ1n) is 8.42. The van der Waals surface area contributed by atoms with Crippen molar-refractivity contribution in [3.8, 4) is 11.5 Å². The number of rotatable bonds is 2. The summed E-state index contributed by atoms with van der Waals surface area (Å²) < 4.78 is 31.2. The monoisotopic (exact) mass is 337 g/mol. The number of carbonyl (C=O) groups excluding carboxylic acids is 1. The van der Waals surface area contributed by atoms with E-state index in [2.05, 4.69) is 0 Å². The molecule has 0 aromatic heterocycles. The van der Waals surface area contributed by atoms with E-state index in [0.717, 1.165) is 6.42 Å². The Balaban J connectivity index is 1.63. The molecule has 2 heterocycles. The van der Waals surface area contributed by atoms with Crippen molar-refractivity contribution < 1.29 is 23.4 Å². The summed E-state index contributed by atoms with van der Waals surface area (Å²) >= 11 is 0. The quantitative estimate of drug-likeness (QED) is 0.828. The maximum atomic E-state index is 14.6. The van der Waals surface area contributed by atoms with Crippen LogP contribution in [0, 0.1) is 5.82 Å². The van der Waals surface area contributed by atoms with Gasteiger partial charge in [-0.2, -0.15) is 0 Å². The molecule has 1 fully saturated rings. The first-order valence-corrected chi connectivity index (χ1v) is 8.42. The predicted molar refractivity (Wildman–Crippen MR) is 87.1 cm³/mol. The molecule has 0 spiro atoms. The minimum Gasteiger partial charge on any atom is -0.493 e. The van der Waals surface area contributed by atoms with Crippen LogP contribution in [-0.2, 0) is 11.2 Å². The minimum absolute atomic E-state index is 0.227. The van der Waals surface area contributed by atoms with Gasteiger partial charge in [-0.25, -0.2) is 9.18 Å². The normalized spacial score (nSPS) is 20.3. The molecule has 1 aromatic carbocycles. The van der Waals surface area contributed by atoms with Crippen LogP contribution in [0.3, 0.4) is 0 Å². The summed E-state index contributed by atoms with van der Waals surface area (Å²) in [5.41, 5.74) is 0.0569. The SMILES string of the molecule is CC(C)(C)OC(=O)N1CC[C@H](Oc2ccc3c(c2F)CCCO3)C1. The molecule has 0 N–H and O–H groups in total. The molecule has 0 aliphatic carbocycles. The van der Waals surface area contributed by atoms with E-state index in [-0.39, 0.29) is 23.8 Å². The first kappa shape index (κ1) is 16.9. The largest absolute Gasteiger partial charge is 0.493 e. The third-order valence-electron chi connectivity index (χ3n) is 4.08. The van der Waals surface area contributed by atoms with Crippen LogP contribution in [0.2, 0.25) is 0 Å². The van der Waals surface area contributed by atoms with Crippen molar-refractivity contribution in [3.05, 3.63) is 23.5 Å². The van der Waals surface area contributed by atoms with E-state index in [1.54, 1.807) is 17.0 Å². The Labute approximate surface area is 141 Å². The molecule has 5 nitrogen and oxygen atoms in total. The lowest BCUT2D eigenvalue weighted by molar-refractivity contribution is 0.0275. The number of ether oxygens (including phenoxy) is 3. The molecule has 24 heavy (non-hydrogen) atoms. The van der Waals surface area contributed by atoms with Gasteiger partial charge in [0.2, 0.25) is 0 Å². The van der Waals surface area contributed by atoms with Gasteiger partial charge in [-0.1, -0.05) is 0 Å². The van der Waals surface area contributed by atoms with E-state index in [4.69, 9.17) is 14.2 Å². The van der Waals surface area contributed by atoms with Gasteiger partial charge in [0.25, 0.3) is 0 Å². The average molecular weight is 337 g/mol. The Morgan fingerprint density at radius 2 is 2.17 bits per heavy atom. The van der Waals surface area contributed by atoms with Crippen LogP contribution in [0.5, 0.6) is 11.5 Å². The number of carbonyl (C=O) groups is 1. The molecule has 1 atom stereocenters. The fraction of sp³-hybridized carbons (Fsp3) is 0.611. The number of hydrogen-bond acceptors (Lipinski definition) is 4. The van der Waals surface area contributed by atoms with E-state index in [1.165, 1.54) is 0 Å². The van der Waals surface area contributed by atoms with Gasteiger partial charge >= 0.3 is 6.09 Å². The second-order valence-electron chi connectivity index (χ2n) is 7.26. The smallest absolute Gasteiger partial charge is 0.410 e. The predicted octanol–water partition coefficient (Wildman–Crippen LogP) is 3.54. The molecule has 2 aliphatic rings. The third kappa shape index (κ3) is 3.74. The van der Waals surface area contributed by atoms with Crippen molar-refractivity contribution in [1.29, 1.82) is 0 Å². The number of likely N-dealkylation sites (tertiary alicyclic amines) is 1. The fourth-order valence-corrected chi connectivity index (χ4v) is 2.97. The first-order chi connectivity index (χ1) is 11.3. The van der Waals surface area contributed by atoms with Gasteiger partial charge in [0.1, 0.15) is 17.5 Å². The van der Waals surface area contributed by atoms with Gasteiger partial charge in [0, 0.05) is 18.5 Å². The van der Waals surface area contributed by atoms with Gasteiger partial charge in [0.05, 0.1) is 13.2 Å². The standard InChI is InChI=1S/C18H24FNO4/c1-18(2,3)24-17(21)20-9-8-12(11-20)23-15-7-6-14-13(16(15)19)5-4-10-22-14/h6-7,12H,4-5,8-11H2,1-3H3/t12-/m0/s1. The molecule has 0 radical (unpaired) electrons. The molecule has 3 rings (SSSR count). The fourth-order valence-electron chi connectivity index (χ4n) is 2.97. The van der Waals surface area contributed by atoms with Crippen LogP contribution in [0.15, 0.2) is 12.1 Å². The highest BCUT2D eigenvalue weighted by Crippen LogP contribution is 2.33. The van der Waals surface area contributed by atoms with Crippen molar-refractivity contribution in [2.75, 3.05) is 19.7 Å². The van der Waals surface area contributed by atoms with E-state index < -0.39 is 5.60 Å². The highest BCUT2D eigenvalue weighted by atomic mass is 19.1. The highest BCUT2D eigenvalue weighted by molar-refractivity contribution is 5.68. The Kier molecular flexibility index (Phi) is 4.56. The second kappa shape index (κ2) is 6.49. The number of nitrogens with zero attached hydrogens (tertiary/aromatic N) is 1. The van der Waals surface area contributed by atoms with Crippen LogP contribution in [0.25, 0.3) is 0 Å². The topological polar surface area (TPSA) is 48.0 Å². The number of benzene rings is 1. The Morgan fingerprint density at radius 3 is 2.92 bits per heavy atom. The van der Waals surface area contributed by atoms with Crippen molar-refractivity contribution in [2.24, 2.45) is 0 Å². The third-order valence-corrected chi connectivity index (χ3v) is 4.08. The van der Waals surface area contributed by atoms with Crippen LogP contribution in [0.1, 0.15) is 39.2 Å². The average Bonchev–Trinajstić information content (AvgIpc) is 2.97. The lowest BCUT2D eigenvalue weighted by atomic mass is 10.1. The van der Waals surface area contributed by atoms with Gasteiger partial charge in [-0.05, 0) is 45.7 Å². The number of halogens is 1. The molecular formula is C18H24FNO4. The molecule has 2 aliphatic heterocycles. The van der Waals surface area contributed by atoms with Crippen molar-refractivity contribution in [2.45, 2.75) is 51.7 Å². The van der Waals surface area contributed by atoms with Crippen LogP contribution in [0.4, 0.5) is 9.18 Å². The van der Waals surface area contributed by atoms with Crippen LogP contribution < -0.4 is 9.47 Å². The van der Waals surface area contributed by atoms with E-state index >= 15 is 0 Å². The molecule has 1 aromatic rings. The summed E-state index contributed by atoms with van der Waals surface area (Å²) in [5, 5.41) is 0. The lowest BCUT2D eigenvalue weighted by Crippen LogP contribution is -2.36. The van der Waals surface area contributed by atoms with Crippen LogP contribution >= 0.6 is 0 Å². The van der Waals surface area contributed by atoms with Crippen molar-refractivity contribution in [3.63, 3.8) is 0 Å². The summed E-state index contributed by atoms with van der Waals surface area (Å²) in [7, 11) is 0. The summed E-state index contributed by atoms with van der Waals surface area (Å²) in [5.74, 6) is 0.492. The van der Waals surface area contributed by atoms with Gasteiger partial charge in [-0.15, -0.1) is 0 Å². The van der Waals surface area contributed by atoms with Gasteiger partial charge < -0.3 is 19.1 Å². The molecule has 0 unspecified atom stereocenters. The minimum atomic E-state index is -0.527. The molecule has 1 saturated heterocycles. The van der Waals surface area contributed by atoms with Gasteiger partial charge in [0.15, 0.2) is 11.6 Å². The summed E-state index contributed by atoms with van der Waals surface area (Å²) in [6.45, 7) is 7.08. The maximum Gasteiger partial charge on any atom is 0.410 e. The van der Waals surface area contributed by atoms with Gasteiger partial charge in [-0.3, -0.25) is 0 Å². The van der Waals surface area contributed by atoms with Crippen molar-refractivity contribution in [1.82, 2.24) is 4.90 Å². The zero-order valence-corrected chi connectivity index (χ0v) is 14.4. The molecule has 6 heteroatoms. The Hall–Kier alpha value is -1.98. The molecule has 0 saturated carbocycles. The molecular weight excluding hydrogens is 313 g/mol. The van der Waals surface area contributed by atoms with Crippen molar-refractivity contribution >= 4 is 6.09 Å².